The van der Waals surface area contributed by atoms with Gasteiger partial charge in [0.15, 0.2) is 6.79 Å². The fourth-order valence-electron chi connectivity index (χ4n) is 3.11. The number of hydrogen-bond acceptors (Lipinski definition) is 3. The van der Waals surface area contributed by atoms with Crippen molar-refractivity contribution in [3.8, 4) is 5.75 Å². The molecule has 21 heavy (non-hydrogen) atoms. The summed E-state index contributed by atoms with van der Waals surface area (Å²) < 4.78 is 10.3. The van der Waals surface area contributed by atoms with Crippen LogP contribution in [0.4, 0.5) is 0 Å². The van der Waals surface area contributed by atoms with E-state index in [0.717, 1.165) is 30.9 Å². The quantitative estimate of drug-likeness (QED) is 0.807. The third kappa shape index (κ3) is 6.06. The van der Waals surface area contributed by atoms with E-state index in [0.29, 0.717) is 6.79 Å². The van der Waals surface area contributed by atoms with E-state index in [4.69, 9.17) is 9.47 Å². The minimum absolute atomic E-state index is 0.0504. The van der Waals surface area contributed by atoms with Crippen molar-refractivity contribution in [2.45, 2.75) is 57.5 Å². The molecule has 0 saturated heterocycles. The highest BCUT2D eigenvalue weighted by Crippen LogP contribution is 2.26. The molecule has 0 spiro atoms. The van der Waals surface area contributed by atoms with Gasteiger partial charge in [-0.05, 0) is 49.3 Å². The molecule has 3 heteroatoms. The van der Waals surface area contributed by atoms with Gasteiger partial charge in [-0.3, -0.25) is 0 Å². The van der Waals surface area contributed by atoms with E-state index >= 15 is 0 Å². The van der Waals surface area contributed by atoms with E-state index in [2.05, 4.69) is 12.1 Å². The van der Waals surface area contributed by atoms with Gasteiger partial charge in [0, 0.05) is 7.11 Å². The van der Waals surface area contributed by atoms with Gasteiger partial charge in [0.1, 0.15) is 5.75 Å². The molecule has 1 aromatic rings. The number of aliphatic hydroxyl groups is 1. The smallest absolute Gasteiger partial charge is 0.188 e. The monoisotopic (exact) mass is 292 g/mol. The third-order valence-electron chi connectivity index (χ3n) is 4.41. The summed E-state index contributed by atoms with van der Waals surface area (Å²) in [5.41, 5.74) is 1.38. The summed E-state index contributed by atoms with van der Waals surface area (Å²) >= 11 is 0. The molecule has 2 rings (SSSR count). The lowest BCUT2D eigenvalue weighted by molar-refractivity contribution is 0.0511. The van der Waals surface area contributed by atoms with Gasteiger partial charge in [0.25, 0.3) is 0 Å². The molecule has 0 aromatic heterocycles. The normalized spacial score (nSPS) is 23.3. The first-order valence-corrected chi connectivity index (χ1v) is 8.16. The van der Waals surface area contributed by atoms with Crippen molar-refractivity contribution in [3.05, 3.63) is 29.8 Å². The molecule has 0 aliphatic heterocycles. The Balaban J connectivity index is 1.74. The Hall–Kier alpha value is -1.06. The standard InChI is InChI=1S/C18H28O3/c1-20-14-21-18-12-10-16(11-13-18)9-8-15-4-2-6-17(19)7-3-5-15/h10-13,15,17,19H,2-9,14H2,1H3. The Labute approximate surface area is 128 Å². The molecule has 0 radical (unpaired) electrons. The molecule has 1 aliphatic rings. The average molecular weight is 292 g/mol. The summed E-state index contributed by atoms with van der Waals surface area (Å²) in [6, 6.07) is 8.33. The first-order valence-electron chi connectivity index (χ1n) is 8.16. The second kappa shape index (κ2) is 9.06. The predicted molar refractivity (Wildman–Crippen MR) is 84.5 cm³/mol. The van der Waals surface area contributed by atoms with Crippen LogP contribution in [0.25, 0.3) is 0 Å². The van der Waals surface area contributed by atoms with Crippen molar-refractivity contribution >= 4 is 0 Å². The molecular weight excluding hydrogens is 264 g/mol. The van der Waals surface area contributed by atoms with Gasteiger partial charge in [0.2, 0.25) is 0 Å². The first kappa shape index (κ1) is 16.3. The molecule has 0 atom stereocenters. The molecule has 0 bridgehead atoms. The third-order valence-corrected chi connectivity index (χ3v) is 4.41. The molecule has 0 unspecified atom stereocenters. The maximum absolute atomic E-state index is 9.68. The van der Waals surface area contributed by atoms with Crippen LogP contribution in [0.3, 0.4) is 0 Å². The van der Waals surface area contributed by atoms with Crippen LogP contribution in [0.1, 0.15) is 50.5 Å². The number of aryl methyl sites for hydroxylation is 1. The zero-order valence-corrected chi connectivity index (χ0v) is 13.1. The highest BCUT2D eigenvalue weighted by atomic mass is 16.7. The molecule has 118 valence electrons. The number of ether oxygens (including phenoxy) is 2. The predicted octanol–water partition coefficient (Wildman–Crippen LogP) is 3.93. The molecule has 1 aromatic carbocycles. The average Bonchev–Trinajstić information content (AvgIpc) is 2.48. The molecule has 1 aliphatic carbocycles. The summed E-state index contributed by atoms with van der Waals surface area (Å²) in [6.45, 7) is 0.299. The number of hydrogen-bond donors (Lipinski definition) is 1. The van der Waals surface area contributed by atoms with Crippen LogP contribution in [0.15, 0.2) is 24.3 Å². The van der Waals surface area contributed by atoms with Gasteiger partial charge in [-0.1, -0.05) is 37.8 Å². The van der Waals surface area contributed by atoms with Crippen molar-refractivity contribution in [2.24, 2.45) is 5.92 Å². The highest BCUT2D eigenvalue weighted by Gasteiger charge is 2.15. The van der Waals surface area contributed by atoms with Crippen LogP contribution in [0.5, 0.6) is 5.75 Å². The van der Waals surface area contributed by atoms with Gasteiger partial charge in [0.05, 0.1) is 6.10 Å². The minimum atomic E-state index is -0.0504. The van der Waals surface area contributed by atoms with Gasteiger partial charge >= 0.3 is 0 Å². The minimum Gasteiger partial charge on any atom is -0.468 e. The molecule has 1 fully saturated rings. The SMILES string of the molecule is COCOc1ccc(CCC2CCCC(O)CCC2)cc1. The van der Waals surface area contributed by atoms with E-state index in [1.54, 1.807) is 7.11 Å². The van der Waals surface area contributed by atoms with Crippen LogP contribution in [0, 0.1) is 5.92 Å². The first-order chi connectivity index (χ1) is 10.3. The van der Waals surface area contributed by atoms with Crippen LogP contribution in [-0.4, -0.2) is 25.1 Å². The second-order valence-electron chi connectivity index (χ2n) is 6.12. The van der Waals surface area contributed by atoms with Crippen LogP contribution < -0.4 is 4.74 Å². The molecule has 0 heterocycles. The molecule has 1 N–H and O–H groups in total. The molecule has 3 nitrogen and oxygen atoms in total. The Kier molecular flexibility index (Phi) is 7.04. The van der Waals surface area contributed by atoms with Crippen molar-refractivity contribution in [1.29, 1.82) is 0 Å². The Morgan fingerprint density at radius 1 is 1.05 bits per heavy atom. The number of methoxy groups -OCH3 is 1. The topological polar surface area (TPSA) is 38.7 Å². The van der Waals surface area contributed by atoms with E-state index in [1.807, 2.05) is 12.1 Å². The summed E-state index contributed by atoms with van der Waals surface area (Å²) in [7, 11) is 1.63. The molecule has 1 saturated carbocycles. The van der Waals surface area contributed by atoms with E-state index in [-0.39, 0.29) is 6.10 Å². The fraction of sp³-hybridized carbons (Fsp3) is 0.667. The van der Waals surface area contributed by atoms with Gasteiger partial charge in [-0.15, -0.1) is 0 Å². The number of rotatable bonds is 6. The zero-order chi connectivity index (χ0) is 14.9. The largest absolute Gasteiger partial charge is 0.468 e. The van der Waals surface area contributed by atoms with Crippen LogP contribution in [-0.2, 0) is 11.2 Å². The van der Waals surface area contributed by atoms with Crippen molar-refractivity contribution in [3.63, 3.8) is 0 Å². The van der Waals surface area contributed by atoms with Gasteiger partial charge in [-0.25, -0.2) is 0 Å². The maximum Gasteiger partial charge on any atom is 0.188 e. The maximum atomic E-state index is 9.68. The molecule has 0 amide bonds. The molecular formula is C18H28O3. The summed E-state index contributed by atoms with van der Waals surface area (Å²) in [5, 5.41) is 9.68. The van der Waals surface area contributed by atoms with E-state index < -0.39 is 0 Å². The lowest BCUT2D eigenvalue weighted by Gasteiger charge is -2.22. The number of aliphatic hydroxyl groups excluding tert-OH is 1. The van der Waals surface area contributed by atoms with Crippen LogP contribution in [0.2, 0.25) is 0 Å². The summed E-state index contributed by atoms with van der Waals surface area (Å²) in [6.07, 6.45) is 9.21. The second-order valence-corrected chi connectivity index (χ2v) is 6.12. The highest BCUT2D eigenvalue weighted by molar-refractivity contribution is 5.27. The van der Waals surface area contributed by atoms with Crippen molar-refractivity contribution in [1.82, 2.24) is 0 Å². The summed E-state index contributed by atoms with van der Waals surface area (Å²) in [4.78, 5) is 0. The van der Waals surface area contributed by atoms with Crippen molar-refractivity contribution < 1.29 is 14.6 Å². The Bertz CT molecular complexity index is 378. The van der Waals surface area contributed by atoms with Gasteiger partial charge < -0.3 is 14.6 Å². The Morgan fingerprint density at radius 3 is 2.33 bits per heavy atom. The fourth-order valence-corrected chi connectivity index (χ4v) is 3.11. The van der Waals surface area contributed by atoms with Crippen molar-refractivity contribution in [2.75, 3.05) is 13.9 Å². The summed E-state index contributed by atoms with van der Waals surface area (Å²) in [5.74, 6) is 1.68. The van der Waals surface area contributed by atoms with Gasteiger partial charge in [-0.2, -0.15) is 0 Å². The van der Waals surface area contributed by atoms with Crippen LogP contribution >= 0.6 is 0 Å². The zero-order valence-electron chi connectivity index (χ0n) is 13.1. The Morgan fingerprint density at radius 2 is 1.71 bits per heavy atom. The number of benzene rings is 1. The van der Waals surface area contributed by atoms with E-state index in [9.17, 15) is 5.11 Å². The lowest BCUT2D eigenvalue weighted by atomic mass is 9.86. The lowest BCUT2D eigenvalue weighted by Crippen LogP contribution is -2.13. The van der Waals surface area contributed by atoms with E-state index in [1.165, 1.54) is 37.7 Å².